The average Bonchev–Trinajstić information content (AvgIpc) is 2.46. The van der Waals surface area contributed by atoms with E-state index in [1.807, 2.05) is 12.1 Å². The maximum Gasteiger partial charge on any atom is 0.343 e. The molecule has 0 spiro atoms. The zero-order valence-corrected chi connectivity index (χ0v) is 13.9. The average molecular weight is 319 g/mol. The molecule has 0 heterocycles. The SMILES string of the molecule is COc1ccc(C(=O)Oc2ccc(C(C)(C)C)cc2)cc1Cl. The number of esters is 1. The van der Waals surface area contributed by atoms with Gasteiger partial charge in [-0.05, 0) is 41.3 Å². The Balaban J connectivity index is 2.13. The summed E-state index contributed by atoms with van der Waals surface area (Å²) in [5, 5.41) is 0.375. The van der Waals surface area contributed by atoms with Crippen LogP contribution in [0.2, 0.25) is 5.02 Å². The fourth-order valence-corrected chi connectivity index (χ4v) is 2.24. The Morgan fingerprint density at radius 3 is 2.18 bits per heavy atom. The third kappa shape index (κ3) is 3.80. The van der Waals surface area contributed by atoms with Crippen LogP contribution in [0.5, 0.6) is 11.5 Å². The van der Waals surface area contributed by atoms with Crippen LogP contribution in [-0.2, 0) is 5.41 Å². The second kappa shape index (κ2) is 6.41. The van der Waals surface area contributed by atoms with Gasteiger partial charge in [-0.15, -0.1) is 0 Å². The third-order valence-corrected chi connectivity index (χ3v) is 3.61. The van der Waals surface area contributed by atoms with Crippen molar-refractivity contribution in [1.82, 2.24) is 0 Å². The van der Waals surface area contributed by atoms with Gasteiger partial charge in [0.15, 0.2) is 0 Å². The van der Waals surface area contributed by atoms with Crippen LogP contribution < -0.4 is 9.47 Å². The smallest absolute Gasteiger partial charge is 0.343 e. The van der Waals surface area contributed by atoms with Crippen LogP contribution in [0.1, 0.15) is 36.7 Å². The van der Waals surface area contributed by atoms with E-state index in [2.05, 4.69) is 20.8 Å². The quantitative estimate of drug-likeness (QED) is 0.598. The van der Waals surface area contributed by atoms with Crippen LogP contribution >= 0.6 is 11.6 Å². The van der Waals surface area contributed by atoms with Gasteiger partial charge in [0.05, 0.1) is 17.7 Å². The van der Waals surface area contributed by atoms with Crippen LogP contribution in [0.3, 0.4) is 0 Å². The maximum atomic E-state index is 12.1. The molecule has 0 fully saturated rings. The molecule has 4 heteroatoms. The number of benzene rings is 2. The maximum absolute atomic E-state index is 12.1. The molecule has 3 nitrogen and oxygen atoms in total. The summed E-state index contributed by atoms with van der Waals surface area (Å²) in [7, 11) is 1.52. The summed E-state index contributed by atoms with van der Waals surface area (Å²) in [6, 6.07) is 12.3. The van der Waals surface area contributed by atoms with Crippen LogP contribution in [0.25, 0.3) is 0 Å². The summed E-state index contributed by atoms with van der Waals surface area (Å²) >= 11 is 6.01. The van der Waals surface area contributed by atoms with Crippen molar-refractivity contribution in [3.8, 4) is 11.5 Å². The normalized spacial score (nSPS) is 11.1. The summed E-state index contributed by atoms with van der Waals surface area (Å²) in [4.78, 5) is 12.1. The van der Waals surface area contributed by atoms with Gasteiger partial charge in [0.1, 0.15) is 11.5 Å². The molecule has 116 valence electrons. The summed E-state index contributed by atoms with van der Waals surface area (Å²) in [6.45, 7) is 6.40. The highest BCUT2D eigenvalue weighted by Gasteiger charge is 2.15. The predicted molar refractivity (Wildman–Crippen MR) is 88.1 cm³/mol. The minimum atomic E-state index is -0.451. The van der Waals surface area contributed by atoms with Crippen LogP contribution in [0, 0.1) is 0 Å². The van der Waals surface area contributed by atoms with Gasteiger partial charge in [0, 0.05) is 0 Å². The van der Waals surface area contributed by atoms with E-state index in [0.29, 0.717) is 22.1 Å². The molecule has 0 aliphatic heterocycles. The van der Waals surface area contributed by atoms with E-state index >= 15 is 0 Å². The molecule has 2 aromatic carbocycles. The predicted octanol–water partition coefficient (Wildman–Crippen LogP) is 4.87. The van der Waals surface area contributed by atoms with Gasteiger partial charge < -0.3 is 9.47 Å². The Labute approximate surface area is 135 Å². The van der Waals surface area contributed by atoms with Crippen molar-refractivity contribution in [3.05, 3.63) is 58.6 Å². The van der Waals surface area contributed by atoms with E-state index in [1.165, 1.54) is 18.7 Å². The summed E-state index contributed by atoms with van der Waals surface area (Å²) < 4.78 is 10.4. The highest BCUT2D eigenvalue weighted by molar-refractivity contribution is 6.32. The molecule has 0 saturated heterocycles. The molecule has 2 rings (SSSR count). The molecule has 0 unspecified atom stereocenters. The van der Waals surface area contributed by atoms with E-state index in [0.717, 1.165) is 0 Å². The lowest BCUT2D eigenvalue weighted by Gasteiger charge is -2.19. The third-order valence-electron chi connectivity index (χ3n) is 3.32. The first-order valence-corrected chi connectivity index (χ1v) is 7.35. The molecule has 0 bridgehead atoms. The number of hydrogen-bond acceptors (Lipinski definition) is 3. The zero-order valence-electron chi connectivity index (χ0n) is 13.1. The van der Waals surface area contributed by atoms with E-state index in [4.69, 9.17) is 21.1 Å². The minimum Gasteiger partial charge on any atom is -0.495 e. The molecule has 0 radical (unpaired) electrons. The van der Waals surface area contributed by atoms with Crippen molar-refractivity contribution in [2.75, 3.05) is 7.11 Å². The molecule has 22 heavy (non-hydrogen) atoms. The van der Waals surface area contributed by atoms with Gasteiger partial charge in [0.25, 0.3) is 0 Å². The number of ether oxygens (including phenoxy) is 2. The minimum absolute atomic E-state index is 0.0616. The van der Waals surface area contributed by atoms with Gasteiger partial charge in [-0.2, -0.15) is 0 Å². The number of carbonyl (C=O) groups is 1. The van der Waals surface area contributed by atoms with Crippen molar-refractivity contribution in [3.63, 3.8) is 0 Å². The summed E-state index contributed by atoms with van der Waals surface area (Å²) in [5.74, 6) is 0.575. The monoisotopic (exact) mass is 318 g/mol. The fourth-order valence-electron chi connectivity index (χ4n) is 1.98. The van der Waals surface area contributed by atoms with Crippen molar-refractivity contribution in [2.45, 2.75) is 26.2 Å². The second-order valence-electron chi connectivity index (χ2n) is 6.01. The molecule has 0 atom stereocenters. The number of rotatable bonds is 3. The first kappa shape index (κ1) is 16.4. The molecule has 0 aliphatic rings. The van der Waals surface area contributed by atoms with Crippen molar-refractivity contribution >= 4 is 17.6 Å². The van der Waals surface area contributed by atoms with Gasteiger partial charge >= 0.3 is 5.97 Å². The lowest BCUT2D eigenvalue weighted by Crippen LogP contribution is -2.11. The molecular weight excluding hydrogens is 300 g/mol. The Kier molecular flexibility index (Phi) is 4.77. The number of halogens is 1. The lowest BCUT2D eigenvalue weighted by atomic mass is 9.87. The van der Waals surface area contributed by atoms with E-state index in [-0.39, 0.29) is 5.41 Å². The van der Waals surface area contributed by atoms with Crippen molar-refractivity contribution in [1.29, 1.82) is 0 Å². The molecule has 0 N–H and O–H groups in total. The van der Waals surface area contributed by atoms with Crippen LogP contribution in [-0.4, -0.2) is 13.1 Å². The topological polar surface area (TPSA) is 35.5 Å². The fraction of sp³-hybridized carbons (Fsp3) is 0.278. The van der Waals surface area contributed by atoms with Crippen molar-refractivity contribution in [2.24, 2.45) is 0 Å². The van der Waals surface area contributed by atoms with Crippen LogP contribution in [0.4, 0.5) is 0 Å². The molecule has 0 saturated carbocycles. The van der Waals surface area contributed by atoms with E-state index in [1.54, 1.807) is 24.3 Å². The standard InChI is InChI=1S/C18H19ClO3/c1-18(2,3)13-6-8-14(9-7-13)22-17(20)12-5-10-16(21-4)15(19)11-12/h5-11H,1-4H3. The van der Waals surface area contributed by atoms with Crippen LogP contribution in [0.15, 0.2) is 42.5 Å². The van der Waals surface area contributed by atoms with E-state index < -0.39 is 5.97 Å². The van der Waals surface area contributed by atoms with Gasteiger partial charge in [-0.25, -0.2) is 4.79 Å². The summed E-state index contributed by atoms with van der Waals surface area (Å²) in [6.07, 6.45) is 0. The van der Waals surface area contributed by atoms with Crippen molar-refractivity contribution < 1.29 is 14.3 Å². The highest BCUT2D eigenvalue weighted by atomic mass is 35.5. The first-order chi connectivity index (χ1) is 10.3. The molecule has 2 aromatic rings. The Hall–Kier alpha value is -2.00. The Bertz CT molecular complexity index is 670. The number of carbonyl (C=O) groups excluding carboxylic acids is 1. The van der Waals surface area contributed by atoms with E-state index in [9.17, 15) is 4.79 Å². The first-order valence-electron chi connectivity index (χ1n) is 6.97. The highest BCUT2D eigenvalue weighted by Crippen LogP contribution is 2.27. The Morgan fingerprint density at radius 2 is 1.68 bits per heavy atom. The van der Waals surface area contributed by atoms with Gasteiger partial charge in [-0.1, -0.05) is 44.5 Å². The molecular formula is C18H19ClO3. The molecule has 0 amide bonds. The Morgan fingerprint density at radius 1 is 1.05 bits per heavy atom. The van der Waals surface area contributed by atoms with Gasteiger partial charge in [-0.3, -0.25) is 0 Å². The lowest BCUT2D eigenvalue weighted by molar-refractivity contribution is 0.0734. The zero-order chi connectivity index (χ0) is 16.3. The number of hydrogen-bond donors (Lipinski definition) is 0. The van der Waals surface area contributed by atoms with Gasteiger partial charge in [0.2, 0.25) is 0 Å². The molecule has 0 aliphatic carbocycles. The molecule has 0 aromatic heterocycles. The largest absolute Gasteiger partial charge is 0.495 e. The second-order valence-corrected chi connectivity index (χ2v) is 6.42. The summed E-state index contributed by atoms with van der Waals surface area (Å²) in [5.41, 5.74) is 1.62. The number of methoxy groups -OCH3 is 1.